The summed E-state index contributed by atoms with van der Waals surface area (Å²) in [6.07, 6.45) is 0.891. The number of hydrogen-bond donors (Lipinski definition) is 1. The third-order valence-corrected chi connectivity index (χ3v) is 2.69. The maximum absolute atomic E-state index is 10.5. The van der Waals surface area contributed by atoms with E-state index in [-0.39, 0.29) is 0 Å². The highest BCUT2D eigenvalue weighted by Crippen LogP contribution is 2.00. The Bertz CT molecular complexity index is 259. The van der Waals surface area contributed by atoms with Crippen LogP contribution in [0.15, 0.2) is 12.2 Å². The first-order valence-electron chi connectivity index (χ1n) is 5.00. The third kappa shape index (κ3) is 3.87. The molecule has 0 aromatic heterocycles. The highest BCUT2D eigenvalue weighted by atomic mass is 32.1. The van der Waals surface area contributed by atoms with Crippen molar-refractivity contribution in [3.05, 3.63) is 12.2 Å². The summed E-state index contributed by atoms with van der Waals surface area (Å²) in [5.41, 5.74) is 1.06. The van der Waals surface area contributed by atoms with Crippen LogP contribution in [0.3, 0.4) is 0 Å². The van der Waals surface area contributed by atoms with Gasteiger partial charge in [-0.3, -0.25) is 4.79 Å². The maximum Gasteiger partial charge on any atom is 0.209 e. The molecule has 1 rings (SSSR count). The fourth-order valence-electron chi connectivity index (χ4n) is 1.37. The molecule has 0 aliphatic carbocycles. The van der Waals surface area contributed by atoms with E-state index in [1.807, 2.05) is 6.92 Å². The zero-order chi connectivity index (χ0) is 11.3. The van der Waals surface area contributed by atoms with Crippen molar-refractivity contribution in [2.75, 3.05) is 32.7 Å². The highest BCUT2D eigenvalue weighted by molar-refractivity contribution is 7.80. The number of piperazine rings is 1. The number of carbonyl (C=O) groups excluding carboxylic acids is 1. The molecule has 1 heterocycles. The van der Waals surface area contributed by atoms with Gasteiger partial charge in [-0.1, -0.05) is 12.2 Å². The van der Waals surface area contributed by atoms with Crippen molar-refractivity contribution in [2.45, 2.75) is 6.92 Å². The summed E-state index contributed by atoms with van der Waals surface area (Å²) >= 11 is 5.23. The van der Waals surface area contributed by atoms with Gasteiger partial charge in [0.15, 0.2) is 5.11 Å². The van der Waals surface area contributed by atoms with Gasteiger partial charge in [0.05, 0.1) is 0 Å². The molecule has 0 spiro atoms. The molecule has 84 valence electrons. The van der Waals surface area contributed by atoms with Crippen molar-refractivity contribution in [3.8, 4) is 0 Å². The lowest BCUT2D eigenvalue weighted by atomic mass is 10.3. The minimum atomic E-state index is 0.715. The second-order valence-corrected chi connectivity index (χ2v) is 4.13. The lowest BCUT2D eigenvalue weighted by Crippen LogP contribution is -2.51. The van der Waals surface area contributed by atoms with Crippen LogP contribution in [0.2, 0.25) is 0 Å². The molecule has 0 saturated carbocycles. The van der Waals surface area contributed by atoms with E-state index in [0.717, 1.165) is 43.3 Å². The Kier molecular flexibility index (Phi) is 4.55. The number of nitrogens with one attached hydrogen (secondary N) is 1. The molecule has 0 bridgehead atoms. The van der Waals surface area contributed by atoms with Crippen molar-refractivity contribution >= 4 is 23.7 Å². The molecular weight excluding hydrogens is 210 g/mol. The van der Waals surface area contributed by atoms with Crippen molar-refractivity contribution in [1.82, 2.24) is 15.1 Å². The molecule has 0 aromatic carbocycles. The molecule has 0 radical (unpaired) electrons. The molecule has 1 fully saturated rings. The minimum Gasteiger partial charge on any atom is -0.359 e. The quantitative estimate of drug-likeness (QED) is 0.425. The van der Waals surface area contributed by atoms with E-state index in [2.05, 4.69) is 16.8 Å². The molecule has 1 saturated heterocycles. The molecule has 4 nitrogen and oxygen atoms in total. The van der Waals surface area contributed by atoms with E-state index in [0.29, 0.717) is 6.54 Å². The van der Waals surface area contributed by atoms with Crippen LogP contribution in [0.25, 0.3) is 0 Å². The smallest absolute Gasteiger partial charge is 0.209 e. The standard InChI is InChI=1S/C10H17N3OS/c1-9(2)7-11-10(15)13-5-3-12(8-14)4-6-13/h8H,1,3-7H2,2H3,(H,11,15). The number of nitrogens with zero attached hydrogens (tertiary/aromatic N) is 2. The molecule has 5 heteroatoms. The Labute approximate surface area is 95.9 Å². The number of thiocarbonyl (C=S) groups is 1. The predicted octanol–water partition coefficient (Wildman–Crippen LogP) is 0.211. The summed E-state index contributed by atoms with van der Waals surface area (Å²) in [6, 6.07) is 0. The van der Waals surface area contributed by atoms with Crippen molar-refractivity contribution in [1.29, 1.82) is 0 Å². The van der Waals surface area contributed by atoms with Gasteiger partial charge in [-0.05, 0) is 19.1 Å². The van der Waals surface area contributed by atoms with Crippen LogP contribution in [-0.2, 0) is 4.79 Å². The molecule has 1 amide bonds. The fourth-order valence-corrected chi connectivity index (χ4v) is 1.62. The Balaban J connectivity index is 2.29. The summed E-state index contributed by atoms with van der Waals surface area (Å²) in [6.45, 7) is 9.59. The van der Waals surface area contributed by atoms with Gasteiger partial charge in [0.25, 0.3) is 0 Å². The van der Waals surface area contributed by atoms with E-state index in [1.165, 1.54) is 0 Å². The highest BCUT2D eigenvalue weighted by Gasteiger charge is 2.16. The van der Waals surface area contributed by atoms with Crippen LogP contribution >= 0.6 is 12.2 Å². The average molecular weight is 227 g/mol. The summed E-state index contributed by atoms with van der Waals surface area (Å²) in [5, 5.41) is 3.89. The fraction of sp³-hybridized carbons (Fsp3) is 0.600. The van der Waals surface area contributed by atoms with Crippen molar-refractivity contribution < 1.29 is 4.79 Å². The van der Waals surface area contributed by atoms with E-state index < -0.39 is 0 Å². The van der Waals surface area contributed by atoms with Gasteiger partial charge < -0.3 is 15.1 Å². The molecule has 1 aliphatic heterocycles. The summed E-state index contributed by atoms with van der Waals surface area (Å²) in [5.74, 6) is 0. The summed E-state index contributed by atoms with van der Waals surface area (Å²) < 4.78 is 0. The van der Waals surface area contributed by atoms with Crippen LogP contribution in [0, 0.1) is 0 Å². The van der Waals surface area contributed by atoms with E-state index in [4.69, 9.17) is 12.2 Å². The molecule has 0 unspecified atom stereocenters. The average Bonchev–Trinajstić information content (AvgIpc) is 2.26. The molecular formula is C10H17N3OS. The van der Waals surface area contributed by atoms with Crippen LogP contribution < -0.4 is 5.32 Å². The van der Waals surface area contributed by atoms with Crippen molar-refractivity contribution in [3.63, 3.8) is 0 Å². The van der Waals surface area contributed by atoms with Gasteiger partial charge in [0.1, 0.15) is 0 Å². The second-order valence-electron chi connectivity index (χ2n) is 3.74. The Hall–Kier alpha value is -1.10. The summed E-state index contributed by atoms with van der Waals surface area (Å²) in [4.78, 5) is 14.3. The van der Waals surface area contributed by atoms with Gasteiger partial charge >= 0.3 is 0 Å². The normalized spacial score (nSPS) is 16.1. The number of amides is 1. The molecule has 15 heavy (non-hydrogen) atoms. The Morgan fingerprint density at radius 1 is 1.47 bits per heavy atom. The zero-order valence-electron chi connectivity index (χ0n) is 9.03. The van der Waals surface area contributed by atoms with E-state index in [1.54, 1.807) is 4.90 Å². The van der Waals surface area contributed by atoms with Crippen molar-refractivity contribution in [2.24, 2.45) is 0 Å². The van der Waals surface area contributed by atoms with Gasteiger partial charge in [0.2, 0.25) is 6.41 Å². The monoisotopic (exact) mass is 227 g/mol. The molecule has 1 aliphatic rings. The molecule has 1 N–H and O–H groups in total. The third-order valence-electron chi connectivity index (χ3n) is 2.29. The zero-order valence-corrected chi connectivity index (χ0v) is 9.85. The largest absolute Gasteiger partial charge is 0.359 e. The topological polar surface area (TPSA) is 35.6 Å². The predicted molar refractivity (Wildman–Crippen MR) is 64.6 cm³/mol. The van der Waals surface area contributed by atoms with Crippen LogP contribution in [-0.4, -0.2) is 54.0 Å². The number of carbonyl (C=O) groups is 1. The van der Waals surface area contributed by atoms with E-state index >= 15 is 0 Å². The number of hydrogen-bond acceptors (Lipinski definition) is 2. The van der Waals surface area contributed by atoms with Gasteiger partial charge in [-0.2, -0.15) is 0 Å². The number of rotatable bonds is 3. The first kappa shape index (κ1) is 12.0. The van der Waals surface area contributed by atoms with Crippen LogP contribution in [0.5, 0.6) is 0 Å². The Morgan fingerprint density at radius 2 is 2.07 bits per heavy atom. The molecule has 0 aromatic rings. The lowest BCUT2D eigenvalue weighted by molar-refractivity contribution is -0.119. The lowest BCUT2D eigenvalue weighted by Gasteiger charge is -2.34. The van der Waals surface area contributed by atoms with Crippen LogP contribution in [0.4, 0.5) is 0 Å². The maximum atomic E-state index is 10.5. The first-order chi connectivity index (χ1) is 7.13. The minimum absolute atomic E-state index is 0.715. The van der Waals surface area contributed by atoms with Gasteiger partial charge in [0, 0.05) is 32.7 Å². The SMILES string of the molecule is C=C(C)CNC(=S)N1CCN(C=O)CC1. The first-order valence-corrected chi connectivity index (χ1v) is 5.41. The van der Waals surface area contributed by atoms with E-state index in [9.17, 15) is 4.79 Å². The van der Waals surface area contributed by atoms with Gasteiger partial charge in [-0.15, -0.1) is 0 Å². The van der Waals surface area contributed by atoms with Gasteiger partial charge in [-0.25, -0.2) is 0 Å². The van der Waals surface area contributed by atoms with Crippen LogP contribution in [0.1, 0.15) is 6.92 Å². The molecule has 0 atom stereocenters. The second kappa shape index (κ2) is 5.70. The Morgan fingerprint density at radius 3 is 2.53 bits per heavy atom. The summed E-state index contributed by atoms with van der Waals surface area (Å²) in [7, 11) is 0.